The molecule has 7 heteroatoms. The molecule has 3 atom stereocenters. The van der Waals surface area contributed by atoms with Crippen LogP contribution in [0.3, 0.4) is 0 Å². The Bertz CT molecular complexity index is 1000. The van der Waals surface area contributed by atoms with Crippen LogP contribution in [0.5, 0.6) is 11.5 Å². The largest absolute Gasteiger partial charge is 0.496 e. The maximum atomic E-state index is 12.2. The lowest BCUT2D eigenvalue weighted by atomic mass is 9.65. The predicted octanol–water partition coefficient (Wildman–Crippen LogP) is 4.37. The summed E-state index contributed by atoms with van der Waals surface area (Å²) in [5.41, 5.74) is -0.276. The van der Waals surface area contributed by atoms with Gasteiger partial charge in [-0.15, -0.1) is 0 Å². The van der Waals surface area contributed by atoms with E-state index < -0.39 is 23.3 Å². The van der Waals surface area contributed by atoms with Crippen LogP contribution in [0.4, 0.5) is 0 Å². The molecular formula is C26H30O7. The molecule has 1 aliphatic rings. The highest BCUT2D eigenvalue weighted by Gasteiger charge is 2.50. The summed E-state index contributed by atoms with van der Waals surface area (Å²) in [6.45, 7) is 3.54. The van der Waals surface area contributed by atoms with E-state index in [1.165, 1.54) is 32.4 Å². The van der Waals surface area contributed by atoms with Gasteiger partial charge in [0.15, 0.2) is 0 Å². The van der Waals surface area contributed by atoms with Crippen molar-refractivity contribution in [3.63, 3.8) is 0 Å². The number of carbonyl (C=O) groups is 2. The third kappa shape index (κ3) is 5.26. The van der Waals surface area contributed by atoms with E-state index in [0.717, 1.165) is 12.0 Å². The van der Waals surface area contributed by atoms with Crippen LogP contribution in [0.15, 0.2) is 72.3 Å². The Morgan fingerprint density at radius 3 is 2.03 bits per heavy atom. The first-order chi connectivity index (χ1) is 15.7. The smallest absolute Gasteiger partial charge is 0.331 e. The fourth-order valence-electron chi connectivity index (χ4n) is 3.93. The molecule has 3 N–H and O–H groups in total. The molecule has 176 valence electrons. The standard InChI is InChI=1S/C17H18O6.C9H12O/c1-10-11(15(18)19)6-5-9-17(10,16(20)21)14-12(22-2)7-4-8-13(14)23-3;1-2-9(10)8-6-4-3-5-7-8/h4-10H,1-3H3,(H,18,19)(H,20,21);3-7,9-10H,2H2,1H3. The Kier molecular flexibility index (Phi) is 8.82. The first kappa shape index (κ1) is 25.7. The van der Waals surface area contributed by atoms with Gasteiger partial charge in [-0.25, -0.2) is 4.79 Å². The Labute approximate surface area is 193 Å². The normalized spacial score (nSPS) is 20.0. The molecule has 7 nitrogen and oxygen atoms in total. The van der Waals surface area contributed by atoms with Crippen LogP contribution in [-0.4, -0.2) is 41.5 Å². The zero-order valence-corrected chi connectivity index (χ0v) is 19.2. The second-order valence-corrected chi connectivity index (χ2v) is 7.55. The minimum absolute atomic E-state index is 0.0165. The molecule has 0 radical (unpaired) electrons. The fraction of sp³-hybridized carbons (Fsp3) is 0.308. The van der Waals surface area contributed by atoms with Gasteiger partial charge in [-0.2, -0.15) is 0 Å². The Morgan fingerprint density at radius 1 is 1.00 bits per heavy atom. The van der Waals surface area contributed by atoms with Gasteiger partial charge in [-0.3, -0.25) is 4.79 Å². The lowest BCUT2D eigenvalue weighted by Crippen LogP contribution is -2.44. The Balaban J connectivity index is 0.000000321. The van der Waals surface area contributed by atoms with E-state index >= 15 is 0 Å². The molecule has 33 heavy (non-hydrogen) atoms. The zero-order chi connectivity index (χ0) is 24.6. The molecular weight excluding hydrogens is 424 g/mol. The molecule has 0 spiro atoms. The summed E-state index contributed by atoms with van der Waals surface area (Å²) >= 11 is 0. The summed E-state index contributed by atoms with van der Waals surface area (Å²) in [6.07, 6.45) is 4.83. The van der Waals surface area contributed by atoms with Gasteiger partial charge in [0.05, 0.1) is 25.9 Å². The number of aliphatic carboxylic acids is 2. The highest BCUT2D eigenvalue weighted by atomic mass is 16.5. The molecule has 0 saturated carbocycles. The van der Waals surface area contributed by atoms with Crippen LogP contribution in [0.1, 0.15) is 37.5 Å². The first-order valence-corrected chi connectivity index (χ1v) is 10.5. The lowest BCUT2D eigenvalue weighted by molar-refractivity contribution is -0.143. The quantitative estimate of drug-likeness (QED) is 0.569. The molecule has 0 aliphatic heterocycles. The molecule has 2 aromatic rings. The Hall–Kier alpha value is -3.58. The fourth-order valence-corrected chi connectivity index (χ4v) is 3.93. The van der Waals surface area contributed by atoms with Crippen molar-refractivity contribution in [1.29, 1.82) is 0 Å². The summed E-state index contributed by atoms with van der Waals surface area (Å²) < 4.78 is 10.6. The van der Waals surface area contributed by atoms with E-state index in [2.05, 4.69) is 0 Å². The molecule has 1 aliphatic carbocycles. The molecule has 0 aromatic heterocycles. The third-order valence-corrected chi connectivity index (χ3v) is 5.80. The van der Waals surface area contributed by atoms with Crippen molar-refractivity contribution in [3.05, 3.63) is 83.5 Å². The number of methoxy groups -OCH3 is 2. The summed E-state index contributed by atoms with van der Waals surface area (Å²) in [5.74, 6) is -2.48. The van der Waals surface area contributed by atoms with E-state index in [9.17, 15) is 24.9 Å². The van der Waals surface area contributed by atoms with Crippen LogP contribution in [-0.2, 0) is 15.0 Å². The van der Waals surface area contributed by atoms with E-state index in [-0.39, 0.29) is 11.7 Å². The third-order valence-electron chi connectivity index (χ3n) is 5.80. The van der Waals surface area contributed by atoms with Crippen LogP contribution >= 0.6 is 0 Å². The van der Waals surface area contributed by atoms with Crippen LogP contribution in [0.2, 0.25) is 0 Å². The van der Waals surface area contributed by atoms with Gasteiger partial charge in [0, 0.05) is 11.5 Å². The number of hydrogen-bond donors (Lipinski definition) is 3. The summed E-state index contributed by atoms with van der Waals surface area (Å²) in [6, 6.07) is 14.6. The number of hydrogen-bond acceptors (Lipinski definition) is 5. The molecule has 0 amide bonds. The van der Waals surface area contributed by atoms with Crippen molar-refractivity contribution in [2.75, 3.05) is 14.2 Å². The molecule has 3 rings (SSSR count). The van der Waals surface area contributed by atoms with Crippen molar-refractivity contribution in [3.8, 4) is 11.5 Å². The first-order valence-electron chi connectivity index (χ1n) is 10.5. The summed E-state index contributed by atoms with van der Waals surface area (Å²) in [5, 5.41) is 28.7. The average molecular weight is 455 g/mol. The topological polar surface area (TPSA) is 113 Å². The molecule has 3 unspecified atom stereocenters. The number of ether oxygens (including phenoxy) is 2. The molecule has 0 saturated heterocycles. The van der Waals surface area contributed by atoms with Gasteiger partial charge in [-0.1, -0.05) is 68.5 Å². The molecule has 0 heterocycles. The van der Waals surface area contributed by atoms with Crippen molar-refractivity contribution in [1.82, 2.24) is 0 Å². The highest BCUT2D eigenvalue weighted by Crippen LogP contribution is 2.48. The lowest BCUT2D eigenvalue weighted by Gasteiger charge is -2.36. The van der Waals surface area contributed by atoms with Gasteiger partial charge in [0.2, 0.25) is 0 Å². The molecule has 2 aromatic carbocycles. The van der Waals surface area contributed by atoms with E-state index in [0.29, 0.717) is 17.1 Å². The van der Waals surface area contributed by atoms with Crippen LogP contribution in [0.25, 0.3) is 0 Å². The van der Waals surface area contributed by atoms with E-state index in [1.807, 2.05) is 37.3 Å². The molecule has 0 fully saturated rings. The van der Waals surface area contributed by atoms with Crippen molar-refractivity contribution in [2.45, 2.75) is 31.8 Å². The number of carboxylic acids is 2. The number of benzene rings is 2. The number of carboxylic acid groups (broad SMARTS) is 2. The second kappa shape index (κ2) is 11.3. The van der Waals surface area contributed by atoms with Gasteiger partial charge >= 0.3 is 11.9 Å². The SMILES string of the molecule is CCC(O)c1ccccc1.COc1cccc(OC)c1C1(C(=O)O)C=CC=C(C(=O)O)C1C. The Morgan fingerprint density at radius 2 is 1.58 bits per heavy atom. The number of aliphatic hydroxyl groups excluding tert-OH is 1. The average Bonchev–Trinajstić information content (AvgIpc) is 2.83. The zero-order valence-electron chi connectivity index (χ0n) is 19.2. The van der Waals surface area contributed by atoms with Crippen LogP contribution in [0, 0.1) is 5.92 Å². The van der Waals surface area contributed by atoms with Gasteiger partial charge in [0.25, 0.3) is 0 Å². The van der Waals surface area contributed by atoms with Crippen molar-refractivity contribution < 1.29 is 34.4 Å². The number of aliphatic hydroxyl groups is 1. The maximum absolute atomic E-state index is 12.2. The maximum Gasteiger partial charge on any atom is 0.331 e. The van der Waals surface area contributed by atoms with Gasteiger partial charge in [0.1, 0.15) is 16.9 Å². The number of allylic oxidation sites excluding steroid dienone is 2. The monoisotopic (exact) mass is 454 g/mol. The van der Waals surface area contributed by atoms with E-state index in [4.69, 9.17) is 9.47 Å². The van der Waals surface area contributed by atoms with E-state index in [1.54, 1.807) is 25.1 Å². The second-order valence-electron chi connectivity index (χ2n) is 7.55. The summed E-state index contributed by atoms with van der Waals surface area (Å²) in [7, 11) is 2.86. The van der Waals surface area contributed by atoms with Crippen LogP contribution < -0.4 is 9.47 Å². The summed E-state index contributed by atoms with van der Waals surface area (Å²) in [4.78, 5) is 23.7. The minimum Gasteiger partial charge on any atom is -0.496 e. The van der Waals surface area contributed by atoms with Crippen molar-refractivity contribution in [2.24, 2.45) is 5.92 Å². The van der Waals surface area contributed by atoms with Gasteiger partial charge in [-0.05, 0) is 24.1 Å². The molecule has 0 bridgehead atoms. The van der Waals surface area contributed by atoms with Crippen molar-refractivity contribution >= 4 is 11.9 Å². The highest BCUT2D eigenvalue weighted by molar-refractivity contribution is 5.94. The van der Waals surface area contributed by atoms with Gasteiger partial charge < -0.3 is 24.8 Å². The minimum atomic E-state index is -1.60. The number of rotatable bonds is 7. The predicted molar refractivity (Wildman–Crippen MR) is 125 cm³/mol.